The van der Waals surface area contributed by atoms with E-state index in [9.17, 15) is 9.18 Å². The highest BCUT2D eigenvalue weighted by molar-refractivity contribution is 5.87. The Morgan fingerprint density at radius 1 is 1.26 bits per heavy atom. The number of nitrogens with zero attached hydrogens (tertiary/aromatic N) is 1. The van der Waals surface area contributed by atoms with Crippen LogP contribution in [0.25, 0.3) is 0 Å². The molecule has 2 aromatic carbocycles. The molecule has 0 bridgehead atoms. The van der Waals surface area contributed by atoms with Crippen molar-refractivity contribution in [2.75, 3.05) is 6.54 Å². The third-order valence-corrected chi connectivity index (χ3v) is 4.60. The second-order valence-corrected chi connectivity index (χ2v) is 6.27. The molecule has 2 atom stereocenters. The van der Waals surface area contributed by atoms with Crippen LogP contribution in [0.3, 0.4) is 0 Å². The maximum atomic E-state index is 13.1. The molecule has 3 nitrogen and oxygen atoms in total. The summed E-state index contributed by atoms with van der Waals surface area (Å²) < 4.78 is 13.1. The predicted octanol–water partition coefficient (Wildman–Crippen LogP) is 3.90. The maximum absolute atomic E-state index is 13.1. The Morgan fingerprint density at radius 3 is 2.70 bits per heavy atom. The van der Waals surface area contributed by atoms with E-state index in [1.54, 1.807) is 18.2 Å². The topological polar surface area (TPSA) is 40.5 Å². The lowest BCUT2D eigenvalue weighted by Crippen LogP contribution is -2.26. The van der Waals surface area contributed by atoms with Crippen molar-refractivity contribution in [1.29, 1.82) is 0 Å². The minimum absolute atomic E-state index is 0.206. The zero-order valence-electron chi connectivity index (χ0n) is 13.1. The molecule has 2 unspecified atom stereocenters. The average molecular weight is 313 g/mol. The van der Waals surface area contributed by atoms with Gasteiger partial charge in [0.15, 0.2) is 0 Å². The summed E-state index contributed by atoms with van der Waals surface area (Å²) in [6.45, 7) is 3.83. The van der Waals surface area contributed by atoms with Crippen LogP contribution in [0.15, 0.2) is 48.5 Å². The lowest BCUT2D eigenvalue weighted by molar-refractivity contribution is 0.0696. The van der Waals surface area contributed by atoms with Gasteiger partial charge >= 0.3 is 5.97 Å². The first-order valence-electron chi connectivity index (χ1n) is 7.84. The lowest BCUT2D eigenvalue weighted by Gasteiger charge is -2.21. The highest BCUT2D eigenvalue weighted by Gasteiger charge is 2.29. The van der Waals surface area contributed by atoms with Crippen LogP contribution in [0.1, 0.15) is 40.7 Å². The van der Waals surface area contributed by atoms with Crippen molar-refractivity contribution in [2.24, 2.45) is 0 Å². The van der Waals surface area contributed by atoms with Gasteiger partial charge in [-0.05, 0) is 54.7 Å². The van der Waals surface area contributed by atoms with Crippen LogP contribution < -0.4 is 0 Å². The Bertz CT molecular complexity index is 699. The van der Waals surface area contributed by atoms with Crippen molar-refractivity contribution in [3.63, 3.8) is 0 Å². The molecule has 1 saturated heterocycles. The molecule has 23 heavy (non-hydrogen) atoms. The summed E-state index contributed by atoms with van der Waals surface area (Å²) in [4.78, 5) is 13.4. The summed E-state index contributed by atoms with van der Waals surface area (Å²) in [7, 11) is 0. The van der Waals surface area contributed by atoms with Crippen molar-refractivity contribution in [1.82, 2.24) is 4.90 Å². The second-order valence-electron chi connectivity index (χ2n) is 6.27. The fourth-order valence-electron chi connectivity index (χ4n) is 3.33. The molecule has 4 heteroatoms. The first-order valence-corrected chi connectivity index (χ1v) is 7.84. The van der Waals surface area contributed by atoms with Crippen molar-refractivity contribution in [3.05, 3.63) is 71.0 Å². The molecule has 2 aromatic rings. The van der Waals surface area contributed by atoms with Crippen molar-refractivity contribution >= 4 is 5.97 Å². The fourth-order valence-corrected chi connectivity index (χ4v) is 3.33. The molecule has 1 fully saturated rings. The van der Waals surface area contributed by atoms with Gasteiger partial charge in [0.2, 0.25) is 0 Å². The summed E-state index contributed by atoms with van der Waals surface area (Å²) in [5, 5.41) is 9.09. The highest BCUT2D eigenvalue weighted by Crippen LogP contribution is 2.32. The summed E-state index contributed by atoms with van der Waals surface area (Å²) in [6, 6.07) is 14.3. The Kier molecular flexibility index (Phi) is 4.44. The molecular weight excluding hydrogens is 293 g/mol. The van der Waals surface area contributed by atoms with Gasteiger partial charge in [-0.25, -0.2) is 9.18 Å². The van der Waals surface area contributed by atoms with Crippen molar-refractivity contribution in [2.45, 2.75) is 31.8 Å². The summed E-state index contributed by atoms with van der Waals surface area (Å²) >= 11 is 0. The molecule has 0 aliphatic carbocycles. The Labute approximate surface area is 135 Å². The van der Waals surface area contributed by atoms with Gasteiger partial charge in [0, 0.05) is 19.1 Å². The van der Waals surface area contributed by atoms with Gasteiger partial charge in [0.1, 0.15) is 5.82 Å². The quantitative estimate of drug-likeness (QED) is 0.930. The largest absolute Gasteiger partial charge is 0.478 e. The van der Waals surface area contributed by atoms with Gasteiger partial charge in [-0.3, -0.25) is 4.90 Å². The van der Waals surface area contributed by atoms with Crippen LogP contribution in [0.5, 0.6) is 0 Å². The molecule has 0 saturated carbocycles. The van der Waals surface area contributed by atoms with Crippen LogP contribution in [-0.4, -0.2) is 28.6 Å². The minimum Gasteiger partial charge on any atom is -0.478 e. The maximum Gasteiger partial charge on any atom is 0.335 e. The first kappa shape index (κ1) is 15.7. The van der Waals surface area contributed by atoms with Gasteiger partial charge in [0.05, 0.1) is 5.56 Å². The van der Waals surface area contributed by atoms with Gasteiger partial charge < -0.3 is 5.11 Å². The Morgan fingerprint density at radius 2 is 2.00 bits per heavy atom. The SMILES string of the molecule is CC1CC(c2ccc(F)cc2)CN1Cc1cccc(C(=O)O)c1. The van der Waals surface area contributed by atoms with E-state index in [1.807, 2.05) is 18.2 Å². The van der Waals surface area contributed by atoms with Crippen LogP contribution in [0, 0.1) is 5.82 Å². The third-order valence-electron chi connectivity index (χ3n) is 4.60. The molecule has 0 spiro atoms. The third kappa shape index (κ3) is 3.59. The number of carboxylic acids is 1. The molecule has 120 valence electrons. The van der Waals surface area contributed by atoms with E-state index in [4.69, 9.17) is 5.11 Å². The van der Waals surface area contributed by atoms with Crippen LogP contribution >= 0.6 is 0 Å². The summed E-state index contributed by atoms with van der Waals surface area (Å²) in [5.74, 6) is -0.707. The summed E-state index contributed by atoms with van der Waals surface area (Å²) in [5.41, 5.74) is 2.50. The van der Waals surface area contributed by atoms with E-state index in [2.05, 4.69) is 11.8 Å². The molecule has 0 radical (unpaired) electrons. The highest BCUT2D eigenvalue weighted by atomic mass is 19.1. The van der Waals surface area contributed by atoms with Gasteiger partial charge in [-0.2, -0.15) is 0 Å². The van der Waals surface area contributed by atoms with E-state index in [1.165, 1.54) is 17.7 Å². The number of carbonyl (C=O) groups is 1. The average Bonchev–Trinajstić information content (AvgIpc) is 2.89. The van der Waals surface area contributed by atoms with Crippen LogP contribution in [0.2, 0.25) is 0 Å². The van der Waals surface area contributed by atoms with Crippen molar-refractivity contribution < 1.29 is 14.3 Å². The number of aromatic carboxylic acids is 1. The van der Waals surface area contributed by atoms with Gasteiger partial charge in [-0.15, -0.1) is 0 Å². The Balaban J connectivity index is 1.70. The fraction of sp³-hybridized carbons (Fsp3) is 0.316. The smallest absolute Gasteiger partial charge is 0.335 e. The molecule has 1 aliphatic rings. The van der Waals surface area contributed by atoms with Crippen LogP contribution in [-0.2, 0) is 6.54 Å². The molecular formula is C19H20FNO2. The van der Waals surface area contributed by atoms with E-state index >= 15 is 0 Å². The number of hydrogen-bond donors (Lipinski definition) is 1. The number of carboxylic acid groups (broad SMARTS) is 1. The molecule has 3 rings (SSSR count). The number of benzene rings is 2. The molecule has 0 aromatic heterocycles. The number of likely N-dealkylation sites (tertiary alicyclic amines) is 1. The molecule has 1 N–H and O–H groups in total. The van der Waals surface area contributed by atoms with Crippen LogP contribution in [0.4, 0.5) is 4.39 Å². The second kappa shape index (κ2) is 6.50. The number of hydrogen-bond acceptors (Lipinski definition) is 2. The monoisotopic (exact) mass is 313 g/mol. The lowest BCUT2D eigenvalue weighted by atomic mass is 9.97. The standard InChI is InChI=1S/C19H20FNO2/c1-13-9-17(15-5-7-18(20)8-6-15)12-21(13)11-14-3-2-4-16(10-14)19(22)23/h2-8,10,13,17H,9,11-12H2,1H3,(H,22,23). The zero-order chi connectivity index (χ0) is 16.4. The van der Waals surface area contributed by atoms with E-state index < -0.39 is 5.97 Å². The number of rotatable bonds is 4. The van der Waals surface area contributed by atoms with E-state index in [0.717, 1.165) is 25.1 Å². The number of halogens is 1. The Hall–Kier alpha value is -2.20. The zero-order valence-corrected chi connectivity index (χ0v) is 13.1. The van der Waals surface area contributed by atoms with Gasteiger partial charge in [-0.1, -0.05) is 24.3 Å². The molecule has 0 amide bonds. The molecule has 1 aliphatic heterocycles. The van der Waals surface area contributed by atoms with E-state index in [0.29, 0.717) is 17.5 Å². The van der Waals surface area contributed by atoms with E-state index in [-0.39, 0.29) is 5.82 Å². The predicted molar refractivity (Wildman–Crippen MR) is 87.0 cm³/mol. The first-order chi connectivity index (χ1) is 11.0. The molecule has 1 heterocycles. The normalized spacial score (nSPS) is 21.5. The van der Waals surface area contributed by atoms with Crippen molar-refractivity contribution in [3.8, 4) is 0 Å². The summed E-state index contributed by atoms with van der Waals surface area (Å²) in [6.07, 6.45) is 1.03. The van der Waals surface area contributed by atoms with Gasteiger partial charge in [0.25, 0.3) is 0 Å². The minimum atomic E-state index is -0.898.